The van der Waals surface area contributed by atoms with E-state index in [1.165, 1.54) is 12.0 Å². The van der Waals surface area contributed by atoms with Gasteiger partial charge in [-0.25, -0.2) is 9.79 Å². The molecule has 2 saturated heterocycles. The molecule has 40 heavy (non-hydrogen) atoms. The van der Waals surface area contributed by atoms with Crippen LogP contribution in [0, 0.1) is 11.8 Å². The molecular formula is C30H32N6O4. The van der Waals surface area contributed by atoms with Crippen LogP contribution in [0.2, 0.25) is 0 Å². The maximum atomic E-state index is 13.8. The first-order chi connectivity index (χ1) is 19.3. The van der Waals surface area contributed by atoms with Gasteiger partial charge in [-0.2, -0.15) is 5.10 Å². The van der Waals surface area contributed by atoms with E-state index in [-0.39, 0.29) is 36.7 Å². The molecule has 1 atom stereocenters. The molecule has 1 saturated carbocycles. The van der Waals surface area contributed by atoms with E-state index in [1.54, 1.807) is 4.90 Å². The van der Waals surface area contributed by atoms with E-state index in [0.29, 0.717) is 18.9 Å². The Hall–Kier alpha value is -4.21. The smallest absolute Gasteiger partial charge is 0.409 e. The Labute approximate surface area is 232 Å². The monoisotopic (exact) mass is 540 g/mol. The second-order valence-corrected chi connectivity index (χ2v) is 11.5. The van der Waals surface area contributed by atoms with E-state index in [4.69, 9.17) is 9.73 Å². The van der Waals surface area contributed by atoms with Crippen molar-refractivity contribution in [1.82, 2.24) is 24.5 Å². The first-order valence-corrected chi connectivity index (χ1v) is 13.9. The van der Waals surface area contributed by atoms with Gasteiger partial charge in [-0.15, -0.1) is 0 Å². The van der Waals surface area contributed by atoms with Crippen LogP contribution in [0.5, 0.6) is 0 Å². The third-order valence-electron chi connectivity index (χ3n) is 8.74. The first kappa shape index (κ1) is 24.8. The van der Waals surface area contributed by atoms with Gasteiger partial charge in [0.2, 0.25) is 5.91 Å². The summed E-state index contributed by atoms with van der Waals surface area (Å²) in [5, 5.41) is 5.42. The van der Waals surface area contributed by atoms with E-state index in [1.807, 2.05) is 35.0 Å². The topological polar surface area (TPSA) is 100 Å². The maximum absolute atomic E-state index is 13.8. The summed E-state index contributed by atoms with van der Waals surface area (Å²) in [5.74, 6) is 1.20. The lowest BCUT2D eigenvalue weighted by atomic mass is 9.90. The van der Waals surface area contributed by atoms with Crippen molar-refractivity contribution in [1.29, 1.82) is 0 Å². The largest absolute Gasteiger partial charge is 0.453 e. The third kappa shape index (κ3) is 4.04. The number of aryl methyl sites for hydroxylation is 1. The highest BCUT2D eigenvalue weighted by Gasteiger charge is 2.58. The molecule has 0 unspecified atom stereocenters. The third-order valence-corrected chi connectivity index (χ3v) is 8.74. The van der Waals surface area contributed by atoms with Crippen LogP contribution in [0.15, 0.2) is 53.7 Å². The van der Waals surface area contributed by atoms with Gasteiger partial charge in [-0.3, -0.25) is 19.2 Å². The van der Waals surface area contributed by atoms with Gasteiger partial charge in [0.1, 0.15) is 5.84 Å². The zero-order valence-corrected chi connectivity index (χ0v) is 22.7. The van der Waals surface area contributed by atoms with Crippen molar-refractivity contribution in [3.63, 3.8) is 0 Å². The van der Waals surface area contributed by atoms with E-state index in [2.05, 4.69) is 35.4 Å². The molecule has 1 spiro atoms. The predicted molar refractivity (Wildman–Crippen MR) is 149 cm³/mol. The molecule has 3 aliphatic heterocycles. The number of methoxy groups -OCH3 is 1. The number of nitrogens with zero attached hydrogens (tertiary/aromatic N) is 6. The Morgan fingerprint density at radius 3 is 2.45 bits per heavy atom. The minimum Gasteiger partial charge on any atom is -0.453 e. The maximum Gasteiger partial charge on any atom is 0.409 e. The number of carbonyl (C=O) groups excluding carboxylic acids is 3. The van der Waals surface area contributed by atoms with Gasteiger partial charge in [0, 0.05) is 43.5 Å². The van der Waals surface area contributed by atoms with Crippen LogP contribution < -0.4 is 0 Å². The number of aromatic nitrogens is 2. The Morgan fingerprint density at radius 1 is 1.00 bits per heavy atom. The lowest BCUT2D eigenvalue weighted by Crippen LogP contribution is -2.66. The SMILES string of the molecule is COC(=O)N1CC2(C1)N=C(c1ccc(-c3ccc4c(cnn4C)c3)cc1)N(C[C@@H]1CCN(C(=O)C3CC3)C1)C2=O. The van der Waals surface area contributed by atoms with Crippen LogP contribution in [-0.4, -0.2) is 93.6 Å². The van der Waals surface area contributed by atoms with Crippen LogP contribution in [0.4, 0.5) is 4.79 Å². The van der Waals surface area contributed by atoms with Crippen molar-refractivity contribution in [3.05, 3.63) is 54.2 Å². The second kappa shape index (κ2) is 9.18. The van der Waals surface area contributed by atoms with Crippen LogP contribution in [0.3, 0.4) is 0 Å². The number of fused-ring (bicyclic) bond motifs is 1. The number of likely N-dealkylation sites (tertiary alicyclic amines) is 2. The number of carbonyl (C=O) groups is 3. The molecule has 2 aromatic carbocycles. The van der Waals surface area contributed by atoms with E-state index in [0.717, 1.165) is 53.4 Å². The highest BCUT2D eigenvalue weighted by atomic mass is 16.5. The molecule has 4 aliphatic rings. The molecule has 0 bridgehead atoms. The zero-order chi connectivity index (χ0) is 27.6. The Balaban J connectivity index is 1.15. The average Bonchev–Trinajstić information content (AvgIpc) is 3.49. The van der Waals surface area contributed by atoms with Gasteiger partial charge < -0.3 is 14.5 Å². The van der Waals surface area contributed by atoms with Crippen molar-refractivity contribution in [2.45, 2.75) is 24.8 Å². The van der Waals surface area contributed by atoms with Gasteiger partial charge in [-0.1, -0.05) is 30.3 Å². The number of rotatable bonds is 5. The van der Waals surface area contributed by atoms with Crippen LogP contribution in [0.1, 0.15) is 24.8 Å². The molecular weight excluding hydrogens is 508 g/mol. The van der Waals surface area contributed by atoms with Gasteiger partial charge in [0.15, 0.2) is 5.54 Å². The highest BCUT2D eigenvalue weighted by Crippen LogP contribution is 2.37. The fourth-order valence-electron chi connectivity index (χ4n) is 6.28. The Bertz CT molecular complexity index is 1550. The lowest BCUT2D eigenvalue weighted by Gasteiger charge is -2.43. The summed E-state index contributed by atoms with van der Waals surface area (Å²) in [6.07, 6.45) is 4.27. The number of benzene rings is 2. The quantitative estimate of drug-likeness (QED) is 0.496. The molecule has 1 aliphatic carbocycles. The number of hydrogen-bond donors (Lipinski definition) is 0. The van der Waals surface area contributed by atoms with Crippen LogP contribution in [-0.2, 0) is 21.4 Å². The zero-order valence-electron chi connectivity index (χ0n) is 22.7. The molecule has 3 fully saturated rings. The van der Waals surface area contributed by atoms with E-state index in [9.17, 15) is 14.4 Å². The van der Waals surface area contributed by atoms with Crippen molar-refractivity contribution >= 4 is 34.6 Å². The van der Waals surface area contributed by atoms with E-state index < -0.39 is 11.6 Å². The molecule has 3 aromatic rings. The average molecular weight is 541 g/mol. The Kier molecular flexibility index (Phi) is 5.69. The standard InChI is InChI=1S/C30H32N6O4/c1-33-25-10-9-23(13-24(25)14-31-33)20-3-5-21(6-4-20)26-32-30(17-35(18-30)29(39)40-2)28(38)36(26)16-19-11-12-34(15-19)27(37)22-7-8-22/h3-6,9-10,13-14,19,22H,7-8,11-12,15-18H2,1-2H3/t19-/m1/s1. The minimum atomic E-state index is -0.977. The van der Waals surface area contributed by atoms with Crippen molar-refractivity contribution in [3.8, 4) is 11.1 Å². The molecule has 4 heterocycles. The first-order valence-electron chi connectivity index (χ1n) is 13.9. The molecule has 1 aromatic heterocycles. The van der Waals surface area contributed by atoms with Crippen LogP contribution in [0.25, 0.3) is 22.0 Å². The fourth-order valence-corrected chi connectivity index (χ4v) is 6.28. The van der Waals surface area contributed by atoms with Crippen LogP contribution >= 0.6 is 0 Å². The summed E-state index contributed by atoms with van der Waals surface area (Å²) in [4.78, 5) is 48.7. The highest BCUT2D eigenvalue weighted by molar-refractivity contribution is 6.16. The van der Waals surface area contributed by atoms with Crippen molar-refractivity contribution < 1.29 is 19.1 Å². The van der Waals surface area contributed by atoms with Gasteiger partial charge >= 0.3 is 6.09 Å². The van der Waals surface area contributed by atoms with Gasteiger partial charge in [0.05, 0.1) is 31.9 Å². The molecule has 10 heteroatoms. The molecule has 10 nitrogen and oxygen atoms in total. The summed E-state index contributed by atoms with van der Waals surface area (Å²) in [6, 6.07) is 14.4. The van der Waals surface area contributed by atoms with Crippen molar-refractivity contribution in [2.24, 2.45) is 23.9 Å². The fraction of sp³-hybridized carbons (Fsp3) is 0.433. The van der Waals surface area contributed by atoms with Crippen molar-refractivity contribution in [2.75, 3.05) is 39.8 Å². The molecule has 7 rings (SSSR count). The van der Waals surface area contributed by atoms with E-state index >= 15 is 0 Å². The minimum absolute atomic E-state index is 0.0827. The second-order valence-electron chi connectivity index (χ2n) is 11.5. The van der Waals surface area contributed by atoms with Gasteiger partial charge in [0.25, 0.3) is 5.91 Å². The molecule has 206 valence electrons. The summed E-state index contributed by atoms with van der Waals surface area (Å²) >= 11 is 0. The van der Waals surface area contributed by atoms with Gasteiger partial charge in [-0.05, 0) is 48.4 Å². The number of amidine groups is 1. The number of aliphatic imine (C=N–C) groups is 1. The number of ether oxygens (including phenoxy) is 1. The summed E-state index contributed by atoms with van der Waals surface area (Å²) in [5.41, 5.74) is 3.10. The normalized spacial score (nSPS) is 21.8. The summed E-state index contributed by atoms with van der Waals surface area (Å²) in [7, 11) is 3.27. The molecule has 3 amide bonds. The Morgan fingerprint density at radius 2 is 1.73 bits per heavy atom. The summed E-state index contributed by atoms with van der Waals surface area (Å²) < 4.78 is 6.71. The molecule has 0 radical (unpaired) electrons. The number of hydrogen-bond acceptors (Lipinski definition) is 6. The summed E-state index contributed by atoms with van der Waals surface area (Å²) in [6.45, 7) is 2.33. The lowest BCUT2D eigenvalue weighted by molar-refractivity contribution is -0.136. The molecule has 0 N–H and O–H groups in total. The number of amides is 3. The predicted octanol–water partition coefficient (Wildman–Crippen LogP) is 2.91.